The molecule has 0 atom stereocenters. The number of aryl methyl sites for hydroxylation is 1. The van der Waals surface area contributed by atoms with Gasteiger partial charge in [-0.15, -0.1) is 11.3 Å². The van der Waals surface area contributed by atoms with Gasteiger partial charge >= 0.3 is 6.18 Å². The van der Waals surface area contributed by atoms with Crippen LogP contribution in [0.3, 0.4) is 0 Å². The van der Waals surface area contributed by atoms with Crippen molar-refractivity contribution in [1.82, 2.24) is 0 Å². The largest absolute Gasteiger partial charge is 0.506 e. The lowest BCUT2D eigenvalue weighted by molar-refractivity contribution is -0.137. The Morgan fingerprint density at radius 2 is 2.04 bits per heavy atom. The summed E-state index contributed by atoms with van der Waals surface area (Å²) in [6.45, 7) is 4.52. The summed E-state index contributed by atoms with van der Waals surface area (Å²) in [6.07, 6.45) is -4.40. The number of aromatic hydroxyl groups is 1. The van der Waals surface area contributed by atoms with Crippen molar-refractivity contribution in [1.29, 1.82) is 0 Å². The standard InChI is InChI=1S/C16H18F3NOS2/c1-3-22-8-7-20-15-13(14(21)10(2)23-15)11-5-4-6-12(9-11)16(17,18)19/h4-6,9,20-21H,3,7-8H2,1-2H3. The lowest BCUT2D eigenvalue weighted by Crippen LogP contribution is -2.05. The fourth-order valence-electron chi connectivity index (χ4n) is 2.16. The molecule has 0 amide bonds. The monoisotopic (exact) mass is 361 g/mol. The Bertz CT molecular complexity index is 668. The van der Waals surface area contributed by atoms with Crippen LogP contribution in [0.4, 0.5) is 18.2 Å². The van der Waals surface area contributed by atoms with Crippen LogP contribution in [0.25, 0.3) is 11.1 Å². The Balaban J connectivity index is 2.35. The first kappa shape index (κ1) is 18.0. The van der Waals surface area contributed by atoms with Crippen LogP contribution in [0.5, 0.6) is 5.75 Å². The smallest absolute Gasteiger partial charge is 0.416 e. The second kappa shape index (κ2) is 7.49. The average Bonchev–Trinajstić information content (AvgIpc) is 2.78. The van der Waals surface area contributed by atoms with E-state index in [1.807, 2.05) is 0 Å². The summed E-state index contributed by atoms with van der Waals surface area (Å²) < 4.78 is 38.7. The first-order valence-corrected chi connectivity index (χ1v) is 9.13. The molecule has 0 aliphatic rings. The second-order valence-electron chi connectivity index (χ2n) is 4.91. The van der Waals surface area contributed by atoms with Gasteiger partial charge in [0.25, 0.3) is 0 Å². The highest BCUT2D eigenvalue weighted by Crippen LogP contribution is 2.46. The number of thiophene rings is 1. The zero-order valence-corrected chi connectivity index (χ0v) is 14.5. The molecule has 7 heteroatoms. The quantitative estimate of drug-likeness (QED) is 0.656. The van der Waals surface area contributed by atoms with Gasteiger partial charge in [-0.05, 0) is 30.4 Å². The zero-order valence-electron chi connectivity index (χ0n) is 12.8. The lowest BCUT2D eigenvalue weighted by atomic mass is 10.0. The molecule has 1 aromatic heterocycles. The van der Waals surface area contributed by atoms with Gasteiger partial charge in [-0.2, -0.15) is 24.9 Å². The van der Waals surface area contributed by atoms with E-state index in [2.05, 4.69) is 12.2 Å². The van der Waals surface area contributed by atoms with Crippen molar-refractivity contribution < 1.29 is 18.3 Å². The average molecular weight is 361 g/mol. The maximum absolute atomic E-state index is 12.9. The van der Waals surface area contributed by atoms with Crippen LogP contribution in [0.2, 0.25) is 0 Å². The van der Waals surface area contributed by atoms with Gasteiger partial charge in [0.05, 0.1) is 11.1 Å². The molecule has 0 saturated heterocycles. The number of hydrogen-bond donors (Lipinski definition) is 2. The van der Waals surface area contributed by atoms with Crippen molar-refractivity contribution >= 4 is 28.1 Å². The first-order chi connectivity index (χ1) is 10.8. The van der Waals surface area contributed by atoms with Gasteiger partial charge in [-0.3, -0.25) is 0 Å². The third kappa shape index (κ3) is 4.35. The van der Waals surface area contributed by atoms with E-state index >= 15 is 0 Å². The van der Waals surface area contributed by atoms with Gasteiger partial charge in [0.1, 0.15) is 10.8 Å². The normalized spacial score (nSPS) is 11.7. The van der Waals surface area contributed by atoms with Crippen LogP contribution < -0.4 is 5.32 Å². The van der Waals surface area contributed by atoms with Gasteiger partial charge in [-0.1, -0.05) is 19.1 Å². The van der Waals surface area contributed by atoms with Gasteiger partial charge in [0.15, 0.2) is 0 Å². The van der Waals surface area contributed by atoms with E-state index in [9.17, 15) is 18.3 Å². The Labute approximate surface area is 141 Å². The molecular formula is C16H18F3NOS2. The molecule has 0 spiro atoms. The molecule has 2 nitrogen and oxygen atoms in total. The topological polar surface area (TPSA) is 32.3 Å². The minimum atomic E-state index is -4.40. The van der Waals surface area contributed by atoms with Gasteiger partial charge < -0.3 is 10.4 Å². The fraction of sp³-hybridized carbons (Fsp3) is 0.375. The minimum absolute atomic E-state index is 0.0416. The van der Waals surface area contributed by atoms with Crippen LogP contribution in [-0.2, 0) is 6.18 Å². The van der Waals surface area contributed by atoms with Crippen molar-refractivity contribution in [3.8, 4) is 16.9 Å². The molecule has 1 heterocycles. The summed E-state index contributed by atoms with van der Waals surface area (Å²) in [5.41, 5.74) is 0.0955. The highest BCUT2D eigenvalue weighted by atomic mass is 32.2. The molecule has 0 radical (unpaired) electrons. The second-order valence-corrected chi connectivity index (χ2v) is 7.53. The molecule has 126 valence electrons. The fourth-order valence-corrected chi connectivity index (χ4v) is 3.69. The lowest BCUT2D eigenvalue weighted by Gasteiger charge is -2.11. The van der Waals surface area contributed by atoms with Gasteiger partial charge in [0, 0.05) is 17.2 Å². The van der Waals surface area contributed by atoms with Crippen LogP contribution in [0.15, 0.2) is 24.3 Å². The zero-order chi connectivity index (χ0) is 17.0. The molecule has 1 aromatic carbocycles. The molecular weight excluding hydrogens is 343 g/mol. The van der Waals surface area contributed by atoms with Crippen molar-refractivity contribution in [2.45, 2.75) is 20.0 Å². The van der Waals surface area contributed by atoms with Crippen LogP contribution in [0.1, 0.15) is 17.4 Å². The third-order valence-corrected chi connectivity index (χ3v) is 5.22. The van der Waals surface area contributed by atoms with E-state index < -0.39 is 11.7 Å². The Hall–Kier alpha value is -1.34. The highest BCUT2D eigenvalue weighted by molar-refractivity contribution is 7.99. The molecule has 2 aromatic rings. The van der Waals surface area contributed by atoms with Gasteiger partial charge in [0.2, 0.25) is 0 Å². The summed E-state index contributed by atoms with van der Waals surface area (Å²) >= 11 is 3.13. The minimum Gasteiger partial charge on any atom is -0.506 e. The van der Waals surface area contributed by atoms with E-state index in [1.165, 1.54) is 17.4 Å². The number of benzene rings is 1. The first-order valence-electron chi connectivity index (χ1n) is 7.16. The number of hydrogen-bond acceptors (Lipinski definition) is 4. The maximum Gasteiger partial charge on any atom is 0.416 e. The van der Waals surface area contributed by atoms with Crippen molar-refractivity contribution in [3.05, 3.63) is 34.7 Å². The summed E-state index contributed by atoms with van der Waals surface area (Å²) in [4.78, 5) is 0.683. The predicted octanol–water partition coefficient (Wildman–Crippen LogP) is 5.61. The summed E-state index contributed by atoms with van der Waals surface area (Å²) in [5.74, 6) is 1.95. The molecule has 0 unspecified atom stereocenters. The molecule has 2 rings (SSSR count). The molecule has 0 bridgehead atoms. The number of anilines is 1. The van der Waals surface area contributed by atoms with E-state index in [4.69, 9.17) is 0 Å². The van der Waals surface area contributed by atoms with Gasteiger partial charge in [-0.25, -0.2) is 0 Å². The Morgan fingerprint density at radius 3 is 2.70 bits per heavy atom. The van der Waals surface area contributed by atoms with Crippen molar-refractivity contribution in [3.63, 3.8) is 0 Å². The number of rotatable bonds is 6. The van der Waals surface area contributed by atoms with E-state index in [-0.39, 0.29) is 5.75 Å². The molecule has 0 aliphatic carbocycles. The van der Waals surface area contributed by atoms with Crippen molar-refractivity contribution in [2.24, 2.45) is 0 Å². The summed E-state index contributed by atoms with van der Waals surface area (Å²) in [5, 5.41) is 14.2. The third-order valence-electron chi connectivity index (χ3n) is 3.27. The Morgan fingerprint density at radius 1 is 1.30 bits per heavy atom. The summed E-state index contributed by atoms with van der Waals surface area (Å²) in [7, 11) is 0. The van der Waals surface area contributed by atoms with Crippen molar-refractivity contribution in [2.75, 3.05) is 23.4 Å². The van der Waals surface area contributed by atoms with Crippen LogP contribution in [-0.4, -0.2) is 23.2 Å². The number of alkyl halides is 3. The summed E-state index contributed by atoms with van der Waals surface area (Å²) in [6, 6.07) is 5.06. The van der Waals surface area contributed by atoms with E-state index in [1.54, 1.807) is 24.8 Å². The predicted molar refractivity (Wildman–Crippen MR) is 92.6 cm³/mol. The molecule has 2 N–H and O–H groups in total. The molecule has 0 fully saturated rings. The van der Waals surface area contributed by atoms with Crippen LogP contribution >= 0.6 is 23.1 Å². The van der Waals surface area contributed by atoms with E-state index in [0.29, 0.717) is 27.5 Å². The Kier molecular flexibility index (Phi) is 5.86. The molecule has 0 aliphatic heterocycles. The number of thioether (sulfide) groups is 1. The molecule has 0 saturated carbocycles. The SMILES string of the molecule is CCSCCNc1sc(C)c(O)c1-c1cccc(C(F)(F)F)c1. The number of halogens is 3. The highest BCUT2D eigenvalue weighted by Gasteiger charge is 2.31. The molecule has 23 heavy (non-hydrogen) atoms. The van der Waals surface area contributed by atoms with Crippen LogP contribution in [0, 0.1) is 6.92 Å². The maximum atomic E-state index is 12.9. The number of nitrogens with one attached hydrogen (secondary N) is 1. The van der Waals surface area contributed by atoms with E-state index in [0.717, 1.165) is 23.6 Å².